The summed E-state index contributed by atoms with van der Waals surface area (Å²) >= 11 is 0. The lowest BCUT2D eigenvalue weighted by molar-refractivity contribution is -0.133. The molecule has 13 heavy (non-hydrogen) atoms. The minimum Gasteiger partial charge on any atom is -0.499 e. The molecule has 5 heteroatoms. The average molecular weight is 184 g/mol. The van der Waals surface area contributed by atoms with Gasteiger partial charge in [-0.1, -0.05) is 0 Å². The zero-order valence-electron chi connectivity index (χ0n) is 7.61. The first kappa shape index (κ1) is 9.57. The van der Waals surface area contributed by atoms with Crippen LogP contribution < -0.4 is 5.73 Å². The first-order valence-corrected chi connectivity index (χ1v) is 3.90. The Balaban J connectivity index is 2.68. The number of carbonyl (C=O) groups is 2. The van der Waals surface area contributed by atoms with Crippen LogP contribution in [0.3, 0.4) is 0 Å². The highest BCUT2D eigenvalue weighted by molar-refractivity contribution is 5.94. The van der Waals surface area contributed by atoms with E-state index in [0.717, 1.165) is 0 Å². The zero-order valence-corrected chi connectivity index (χ0v) is 7.61. The van der Waals surface area contributed by atoms with Crippen molar-refractivity contribution in [2.45, 2.75) is 13.0 Å². The molecular weight excluding hydrogens is 172 g/mol. The number of methoxy groups -OCH3 is 1. The van der Waals surface area contributed by atoms with Crippen molar-refractivity contribution < 1.29 is 14.3 Å². The van der Waals surface area contributed by atoms with Crippen molar-refractivity contribution in [2.24, 2.45) is 5.73 Å². The number of amides is 2. The summed E-state index contributed by atoms with van der Waals surface area (Å²) in [6.45, 7) is 1.91. The van der Waals surface area contributed by atoms with Crippen LogP contribution in [0.25, 0.3) is 0 Å². The van der Waals surface area contributed by atoms with Crippen molar-refractivity contribution in [3.05, 3.63) is 11.8 Å². The fourth-order valence-electron chi connectivity index (χ4n) is 1.12. The third-order valence-corrected chi connectivity index (χ3v) is 2.04. The summed E-state index contributed by atoms with van der Waals surface area (Å²) in [5.41, 5.74) is 5.07. The molecule has 0 aromatic heterocycles. The highest BCUT2D eigenvalue weighted by Gasteiger charge is 2.29. The Morgan fingerprint density at radius 2 is 2.38 bits per heavy atom. The van der Waals surface area contributed by atoms with Gasteiger partial charge in [-0.15, -0.1) is 0 Å². The lowest BCUT2D eigenvalue weighted by Gasteiger charge is -2.21. The molecule has 1 rings (SSSR count). The summed E-state index contributed by atoms with van der Waals surface area (Å²) in [5.74, 6) is -0.194. The Morgan fingerprint density at radius 1 is 1.77 bits per heavy atom. The molecule has 0 aliphatic carbocycles. The maximum atomic E-state index is 11.3. The molecule has 72 valence electrons. The van der Waals surface area contributed by atoms with Crippen molar-refractivity contribution >= 4 is 11.8 Å². The average Bonchev–Trinajstić information content (AvgIpc) is 2.45. The van der Waals surface area contributed by atoms with Gasteiger partial charge in [-0.2, -0.15) is 0 Å². The van der Waals surface area contributed by atoms with Gasteiger partial charge in [0, 0.05) is 6.08 Å². The van der Waals surface area contributed by atoms with Crippen LogP contribution in [0.1, 0.15) is 6.92 Å². The number of hydrogen-bond acceptors (Lipinski definition) is 3. The predicted octanol–water partition coefficient (Wildman–Crippen LogP) is -0.767. The van der Waals surface area contributed by atoms with E-state index in [4.69, 9.17) is 10.5 Å². The summed E-state index contributed by atoms with van der Waals surface area (Å²) in [5, 5.41) is 0. The zero-order chi connectivity index (χ0) is 10.0. The van der Waals surface area contributed by atoms with Crippen molar-refractivity contribution in [1.29, 1.82) is 0 Å². The summed E-state index contributed by atoms with van der Waals surface area (Å²) in [6.07, 6.45) is 1.36. The maximum Gasteiger partial charge on any atom is 0.251 e. The van der Waals surface area contributed by atoms with Crippen LogP contribution in [0.4, 0.5) is 0 Å². The Kier molecular flexibility index (Phi) is 2.55. The second-order valence-electron chi connectivity index (χ2n) is 2.86. The van der Waals surface area contributed by atoms with Crippen LogP contribution >= 0.6 is 0 Å². The molecule has 1 aliphatic heterocycles. The molecule has 0 spiro atoms. The number of rotatable bonds is 3. The highest BCUT2D eigenvalue weighted by atomic mass is 16.5. The molecule has 1 heterocycles. The predicted molar refractivity (Wildman–Crippen MR) is 45.5 cm³/mol. The summed E-state index contributed by atoms with van der Waals surface area (Å²) < 4.78 is 4.89. The summed E-state index contributed by atoms with van der Waals surface area (Å²) in [7, 11) is 1.48. The Labute approximate surface area is 76.1 Å². The largest absolute Gasteiger partial charge is 0.499 e. The number of nitrogens with zero attached hydrogens (tertiary/aromatic N) is 1. The fraction of sp³-hybridized carbons (Fsp3) is 0.500. The number of hydrogen-bond donors (Lipinski definition) is 1. The van der Waals surface area contributed by atoms with E-state index >= 15 is 0 Å². The number of carbonyl (C=O) groups excluding carboxylic acids is 2. The van der Waals surface area contributed by atoms with E-state index in [1.807, 2.05) is 0 Å². The van der Waals surface area contributed by atoms with Gasteiger partial charge in [-0.3, -0.25) is 9.59 Å². The topological polar surface area (TPSA) is 72.6 Å². The van der Waals surface area contributed by atoms with E-state index in [2.05, 4.69) is 0 Å². The van der Waals surface area contributed by atoms with Crippen LogP contribution in [0.2, 0.25) is 0 Å². The van der Waals surface area contributed by atoms with Gasteiger partial charge in [0.15, 0.2) is 0 Å². The Bertz CT molecular complexity index is 273. The van der Waals surface area contributed by atoms with E-state index in [0.29, 0.717) is 12.3 Å². The quantitative estimate of drug-likeness (QED) is 0.626. The van der Waals surface area contributed by atoms with E-state index in [1.165, 1.54) is 18.1 Å². The first-order chi connectivity index (χ1) is 6.06. The Hall–Kier alpha value is -1.52. The van der Waals surface area contributed by atoms with Crippen molar-refractivity contribution in [1.82, 2.24) is 4.90 Å². The standard InChI is InChI=1S/C8H12N2O3/c1-5(8(9)12)10-4-6(13-2)3-7(10)11/h3,5H,4H2,1-2H3,(H2,9,12). The normalized spacial score (nSPS) is 18.5. The van der Waals surface area contributed by atoms with Crippen LogP contribution in [0.15, 0.2) is 11.8 Å². The molecule has 1 atom stereocenters. The van der Waals surface area contributed by atoms with Gasteiger partial charge in [-0.05, 0) is 6.92 Å². The van der Waals surface area contributed by atoms with E-state index < -0.39 is 11.9 Å². The van der Waals surface area contributed by atoms with Gasteiger partial charge in [0.05, 0.1) is 13.7 Å². The molecule has 0 aromatic carbocycles. The molecule has 0 fully saturated rings. The van der Waals surface area contributed by atoms with Crippen LogP contribution in [0.5, 0.6) is 0 Å². The third-order valence-electron chi connectivity index (χ3n) is 2.04. The molecule has 0 aromatic rings. The molecule has 1 aliphatic rings. The van der Waals surface area contributed by atoms with Crippen molar-refractivity contribution in [3.63, 3.8) is 0 Å². The third kappa shape index (κ3) is 1.80. The van der Waals surface area contributed by atoms with Crippen molar-refractivity contribution in [2.75, 3.05) is 13.7 Å². The van der Waals surface area contributed by atoms with Gasteiger partial charge in [0.2, 0.25) is 5.91 Å². The monoisotopic (exact) mass is 184 g/mol. The summed E-state index contributed by atoms with van der Waals surface area (Å²) in [6, 6.07) is -0.587. The molecular formula is C8H12N2O3. The van der Waals surface area contributed by atoms with Crippen LogP contribution in [-0.2, 0) is 14.3 Å². The lowest BCUT2D eigenvalue weighted by atomic mass is 10.3. The molecule has 0 saturated carbocycles. The molecule has 5 nitrogen and oxygen atoms in total. The second kappa shape index (κ2) is 3.47. The number of nitrogens with two attached hydrogens (primary N) is 1. The van der Waals surface area contributed by atoms with Gasteiger partial charge >= 0.3 is 0 Å². The molecule has 2 N–H and O–H groups in total. The van der Waals surface area contributed by atoms with Gasteiger partial charge < -0.3 is 15.4 Å². The molecule has 2 amide bonds. The molecule has 1 unspecified atom stereocenters. The van der Waals surface area contributed by atoms with Crippen LogP contribution in [0, 0.1) is 0 Å². The SMILES string of the molecule is COC1=CC(=O)N(C(C)C(N)=O)C1. The maximum absolute atomic E-state index is 11.3. The first-order valence-electron chi connectivity index (χ1n) is 3.90. The lowest BCUT2D eigenvalue weighted by Crippen LogP contribution is -2.43. The second-order valence-corrected chi connectivity index (χ2v) is 2.86. The van der Waals surface area contributed by atoms with E-state index in [1.54, 1.807) is 6.92 Å². The minimum atomic E-state index is -0.587. The highest BCUT2D eigenvalue weighted by Crippen LogP contribution is 2.13. The Morgan fingerprint density at radius 3 is 2.77 bits per heavy atom. The smallest absolute Gasteiger partial charge is 0.251 e. The van der Waals surface area contributed by atoms with Gasteiger partial charge in [0.25, 0.3) is 5.91 Å². The fourth-order valence-corrected chi connectivity index (χ4v) is 1.12. The van der Waals surface area contributed by atoms with E-state index in [9.17, 15) is 9.59 Å². The van der Waals surface area contributed by atoms with Gasteiger partial charge in [-0.25, -0.2) is 0 Å². The number of ether oxygens (including phenoxy) is 1. The molecule has 0 radical (unpaired) electrons. The molecule has 0 saturated heterocycles. The minimum absolute atomic E-state index is 0.233. The van der Waals surface area contributed by atoms with Crippen molar-refractivity contribution in [3.8, 4) is 0 Å². The number of primary amides is 1. The van der Waals surface area contributed by atoms with E-state index in [-0.39, 0.29) is 5.91 Å². The molecule has 0 bridgehead atoms. The van der Waals surface area contributed by atoms with Gasteiger partial charge in [0.1, 0.15) is 11.8 Å². The summed E-state index contributed by atoms with van der Waals surface area (Å²) in [4.78, 5) is 23.4. The van der Waals surface area contributed by atoms with Crippen LogP contribution in [-0.4, -0.2) is 36.4 Å².